The van der Waals surface area contributed by atoms with E-state index in [2.05, 4.69) is 34.5 Å². The van der Waals surface area contributed by atoms with Crippen LogP contribution in [-0.4, -0.2) is 49.6 Å². The fraction of sp³-hybridized carbons (Fsp3) is 0.435. The summed E-state index contributed by atoms with van der Waals surface area (Å²) in [6.45, 7) is 2.95. The molecule has 4 rings (SSSR count). The molecule has 2 aliphatic heterocycles. The summed E-state index contributed by atoms with van der Waals surface area (Å²) in [5.41, 5.74) is 3.17. The Morgan fingerprint density at radius 2 is 1.79 bits per heavy atom. The molecular formula is C23H28FN3O. The molecule has 0 spiro atoms. The molecule has 1 atom stereocenters. The number of benzene rings is 2. The maximum atomic E-state index is 13.4. The highest BCUT2D eigenvalue weighted by Crippen LogP contribution is 2.26. The van der Waals surface area contributed by atoms with Crippen LogP contribution in [0.15, 0.2) is 48.5 Å². The Labute approximate surface area is 166 Å². The van der Waals surface area contributed by atoms with E-state index in [1.54, 1.807) is 12.1 Å². The highest BCUT2D eigenvalue weighted by molar-refractivity contribution is 5.78. The molecule has 28 heavy (non-hydrogen) atoms. The predicted octanol–water partition coefficient (Wildman–Crippen LogP) is 3.67. The van der Waals surface area contributed by atoms with Crippen LogP contribution in [0, 0.1) is 5.82 Å². The van der Waals surface area contributed by atoms with E-state index in [9.17, 15) is 9.18 Å². The number of halogens is 1. The summed E-state index contributed by atoms with van der Waals surface area (Å²) in [6, 6.07) is 16.0. The van der Waals surface area contributed by atoms with Crippen LogP contribution in [0.5, 0.6) is 0 Å². The molecule has 0 radical (unpaired) electrons. The first kappa shape index (κ1) is 18.9. The third kappa shape index (κ3) is 4.20. The van der Waals surface area contributed by atoms with E-state index < -0.39 is 0 Å². The van der Waals surface area contributed by atoms with Gasteiger partial charge in [0, 0.05) is 50.9 Å². The van der Waals surface area contributed by atoms with E-state index in [-0.39, 0.29) is 11.7 Å². The first-order chi connectivity index (χ1) is 13.6. The van der Waals surface area contributed by atoms with Crippen LogP contribution >= 0.6 is 0 Å². The largest absolute Gasteiger partial charge is 0.371 e. The second-order valence-corrected chi connectivity index (χ2v) is 7.92. The van der Waals surface area contributed by atoms with Crippen LogP contribution in [0.1, 0.15) is 25.7 Å². The molecule has 2 fully saturated rings. The first-order valence-electron chi connectivity index (χ1n) is 10.2. The highest BCUT2D eigenvalue weighted by Gasteiger charge is 2.28. The Hall–Kier alpha value is -2.40. The Morgan fingerprint density at radius 3 is 2.43 bits per heavy atom. The van der Waals surface area contributed by atoms with Gasteiger partial charge in [-0.05, 0) is 54.7 Å². The predicted molar refractivity (Wildman–Crippen MR) is 111 cm³/mol. The van der Waals surface area contributed by atoms with Gasteiger partial charge in [-0.2, -0.15) is 0 Å². The second-order valence-electron chi connectivity index (χ2n) is 7.92. The molecule has 0 bridgehead atoms. The lowest BCUT2D eigenvalue weighted by atomic mass is 10.0. The molecule has 5 heteroatoms. The van der Waals surface area contributed by atoms with Crippen LogP contribution in [0.3, 0.4) is 0 Å². The van der Waals surface area contributed by atoms with Gasteiger partial charge in [-0.25, -0.2) is 4.39 Å². The van der Waals surface area contributed by atoms with E-state index in [0.29, 0.717) is 18.5 Å². The van der Waals surface area contributed by atoms with Gasteiger partial charge in [-0.1, -0.05) is 24.3 Å². The van der Waals surface area contributed by atoms with Gasteiger partial charge >= 0.3 is 0 Å². The number of anilines is 1. The van der Waals surface area contributed by atoms with E-state index >= 15 is 0 Å². The van der Waals surface area contributed by atoms with Crippen molar-refractivity contribution in [2.45, 2.75) is 37.8 Å². The highest BCUT2D eigenvalue weighted by atomic mass is 19.1. The molecule has 0 saturated carbocycles. The lowest BCUT2D eigenvalue weighted by molar-refractivity contribution is -0.127. The number of likely N-dealkylation sites (tertiary alicyclic amines) is 1. The number of nitrogens with one attached hydrogen (secondary N) is 1. The van der Waals surface area contributed by atoms with Crippen molar-refractivity contribution in [1.82, 2.24) is 10.2 Å². The summed E-state index contributed by atoms with van der Waals surface area (Å²) in [7, 11) is 1.91. The Morgan fingerprint density at radius 1 is 1.04 bits per heavy atom. The van der Waals surface area contributed by atoms with Crippen LogP contribution in [-0.2, 0) is 4.79 Å². The van der Waals surface area contributed by atoms with Crippen LogP contribution in [0.2, 0.25) is 0 Å². The number of rotatable bonds is 5. The number of likely N-dealkylation sites (N-methyl/N-ethyl adjacent to an activating group) is 1. The molecule has 148 valence electrons. The van der Waals surface area contributed by atoms with Gasteiger partial charge in [0.1, 0.15) is 5.82 Å². The molecule has 4 nitrogen and oxygen atoms in total. The third-order valence-electron chi connectivity index (χ3n) is 6.16. The van der Waals surface area contributed by atoms with Crippen molar-refractivity contribution in [3.05, 3.63) is 54.3 Å². The van der Waals surface area contributed by atoms with Crippen molar-refractivity contribution >= 4 is 11.6 Å². The van der Waals surface area contributed by atoms with Crippen LogP contribution in [0.25, 0.3) is 11.1 Å². The number of carbonyl (C=O) groups is 1. The molecular weight excluding hydrogens is 353 g/mol. The maximum Gasteiger partial charge on any atom is 0.222 e. The molecule has 2 aromatic carbocycles. The van der Waals surface area contributed by atoms with Crippen molar-refractivity contribution in [2.24, 2.45) is 0 Å². The topological polar surface area (TPSA) is 35.6 Å². The molecule has 0 aromatic heterocycles. The minimum atomic E-state index is -0.204. The minimum absolute atomic E-state index is 0.204. The average molecular weight is 381 g/mol. The standard InChI is InChI=1S/C23H28FN3O/c1-26-22(9-10-23(26)28)16-25-20-11-13-27(14-12-20)21-7-5-17(6-8-21)18-3-2-4-19(24)15-18/h2-8,15,20,22,25H,9-14,16H2,1H3/t22-/m1/s1. The van der Waals surface area contributed by atoms with Crippen LogP contribution in [0.4, 0.5) is 10.1 Å². The maximum absolute atomic E-state index is 13.4. The summed E-state index contributed by atoms with van der Waals surface area (Å²) in [5, 5.41) is 3.67. The fourth-order valence-electron chi connectivity index (χ4n) is 4.28. The fourth-order valence-corrected chi connectivity index (χ4v) is 4.28. The zero-order valence-corrected chi connectivity index (χ0v) is 16.4. The monoisotopic (exact) mass is 381 g/mol. The number of hydrogen-bond acceptors (Lipinski definition) is 3. The lowest BCUT2D eigenvalue weighted by Crippen LogP contribution is -2.46. The zero-order chi connectivity index (χ0) is 19.5. The van der Waals surface area contributed by atoms with Crippen molar-refractivity contribution in [1.29, 1.82) is 0 Å². The Kier molecular flexibility index (Phi) is 5.62. The lowest BCUT2D eigenvalue weighted by Gasteiger charge is -2.35. The summed E-state index contributed by atoms with van der Waals surface area (Å²) < 4.78 is 13.4. The molecule has 0 unspecified atom stereocenters. The Bertz CT molecular complexity index is 815. The molecule has 1 amide bonds. The van der Waals surface area contributed by atoms with E-state index in [0.717, 1.165) is 50.0 Å². The number of amides is 1. The first-order valence-corrected chi connectivity index (χ1v) is 10.2. The van der Waals surface area contributed by atoms with Gasteiger partial charge in [0.25, 0.3) is 0 Å². The SMILES string of the molecule is CN1C(=O)CC[C@@H]1CNC1CCN(c2ccc(-c3cccc(F)c3)cc2)CC1. The summed E-state index contributed by atoms with van der Waals surface area (Å²) in [5.74, 6) is 0.0626. The normalized spacial score (nSPS) is 20.8. The van der Waals surface area contributed by atoms with Crippen molar-refractivity contribution in [3.8, 4) is 11.1 Å². The average Bonchev–Trinajstić information content (AvgIpc) is 3.05. The summed E-state index contributed by atoms with van der Waals surface area (Å²) in [4.78, 5) is 15.9. The number of hydrogen-bond donors (Lipinski definition) is 1. The molecule has 2 aliphatic rings. The second kappa shape index (κ2) is 8.31. The van der Waals surface area contributed by atoms with E-state index in [1.807, 2.05) is 18.0 Å². The van der Waals surface area contributed by atoms with Gasteiger partial charge in [0.2, 0.25) is 5.91 Å². The third-order valence-corrected chi connectivity index (χ3v) is 6.16. The summed E-state index contributed by atoms with van der Waals surface area (Å²) in [6.07, 6.45) is 3.87. The molecule has 0 aliphatic carbocycles. The number of nitrogens with zero attached hydrogens (tertiary/aromatic N) is 2. The van der Waals surface area contributed by atoms with Crippen molar-refractivity contribution < 1.29 is 9.18 Å². The van der Waals surface area contributed by atoms with Gasteiger partial charge in [0.15, 0.2) is 0 Å². The molecule has 2 aromatic rings. The smallest absolute Gasteiger partial charge is 0.222 e. The summed E-state index contributed by atoms with van der Waals surface area (Å²) >= 11 is 0. The van der Waals surface area contributed by atoms with Crippen LogP contribution < -0.4 is 10.2 Å². The number of carbonyl (C=O) groups excluding carboxylic acids is 1. The molecule has 2 saturated heterocycles. The van der Waals surface area contributed by atoms with Crippen molar-refractivity contribution in [2.75, 3.05) is 31.6 Å². The van der Waals surface area contributed by atoms with Gasteiger partial charge < -0.3 is 15.1 Å². The van der Waals surface area contributed by atoms with Crippen molar-refractivity contribution in [3.63, 3.8) is 0 Å². The van der Waals surface area contributed by atoms with E-state index in [1.165, 1.54) is 11.8 Å². The van der Waals surface area contributed by atoms with E-state index in [4.69, 9.17) is 0 Å². The minimum Gasteiger partial charge on any atom is -0.371 e. The molecule has 2 heterocycles. The molecule has 1 N–H and O–H groups in total. The van der Waals surface area contributed by atoms with Gasteiger partial charge in [-0.3, -0.25) is 4.79 Å². The van der Waals surface area contributed by atoms with Gasteiger partial charge in [-0.15, -0.1) is 0 Å². The Balaban J connectivity index is 1.28. The number of piperidine rings is 1. The van der Waals surface area contributed by atoms with Gasteiger partial charge in [0.05, 0.1) is 0 Å². The quantitative estimate of drug-likeness (QED) is 0.858. The zero-order valence-electron chi connectivity index (χ0n) is 16.4.